The van der Waals surface area contributed by atoms with Gasteiger partial charge in [0.1, 0.15) is 12.8 Å². The molecule has 2 heterocycles. The van der Waals surface area contributed by atoms with Gasteiger partial charge in [-0.2, -0.15) is 5.01 Å². The predicted octanol–water partition coefficient (Wildman–Crippen LogP) is -0.641. The highest BCUT2D eigenvalue weighted by molar-refractivity contribution is 5.68. The third-order valence-corrected chi connectivity index (χ3v) is 2.46. The summed E-state index contributed by atoms with van der Waals surface area (Å²) >= 11 is 0. The molecule has 14 heavy (non-hydrogen) atoms. The maximum atomic E-state index is 11.3. The number of hydrogen-bond donors (Lipinski definition) is 1. The standard InChI is InChI=1S/C8H15N3O3/c1-6-4-13-5-7(9)11(6)10-2-3-14-8(10)12/h6-7H,2-5,9H2,1H3. The quantitative estimate of drug-likeness (QED) is 0.611. The minimum Gasteiger partial charge on any atom is -0.447 e. The van der Waals surface area contributed by atoms with Gasteiger partial charge in [0.05, 0.1) is 25.8 Å². The molecule has 2 N–H and O–H groups in total. The molecule has 2 rings (SSSR count). The summed E-state index contributed by atoms with van der Waals surface area (Å²) in [6.45, 7) is 4.04. The summed E-state index contributed by atoms with van der Waals surface area (Å²) in [5.74, 6) is 0. The normalized spacial score (nSPS) is 34.7. The molecule has 0 radical (unpaired) electrons. The number of carbonyl (C=O) groups excluding carboxylic acids is 1. The van der Waals surface area contributed by atoms with Crippen molar-refractivity contribution >= 4 is 6.09 Å². The molecule has 2 unspecified atom stereocenters. The van der Waals surface area contributed by atoms with Gasteiger partial charge in [0, 0.05) is 0 Å². The molecule has 0 aromatic rings. The van der Waals surface area contributed by atoms with Crippen molar-refractivity contribution in [2.75, 3.05) is 26.4 Å². The fraction of sp³-hybridized carbons (Fsp3) is 0.875. The van der Waals surface area contributed by atoms with Crippen LogP contribution >= 0.6 is 0 Å². The maximum absolute atomic E-state index is 11.3. The van der Waals surface area contributed by atoms with Crippen molar-refractivity contribution in [2.45, 2.75) is 19.1 Å². The van der Waals surface area contributed by atoms with Gasteiger partial charge in [0.2, 0.25) is 0 Å². The van der Waals surface area contributed by atoms with Crippen molar-refractivity contribution in [3.8, 4) is 0 Å². The number of amides is 1. The average Bonchev–Trinajstić information content (AvgIpc) is 2.52. The number of morpholine rings is 1. The Balaban J connectivity index is 2.09. The van der Waals surface area contributed by atoms with Crippen LogP contribution in [-0.4, -0.2) is 54.7 Å². The predicted molar refractivity (Wildman–Crippen MR) is 48.1 cm³/mol. The van der Waals surface area contributed by atoms with E-state index in [1.165, 1.54) is 0 Å². The van der Waals surface area contributed by atoms with Crippen LogP contribution in [0.15, 0.2) is 0 Å². The SMILES string of the molecule is CC1COCC(N)N1N1CCOC1=O. The lowest BCUT2D eigenvalue weighted by atomic mass is 10.3. The van der Waals surface area contributed by atoms with E-state index >= 15 is 0 Å². The maximum Gasteiger partial charge on any atom is 0.424 e. The van der Waals surface area contributed by atoms with Gasteiger partial charge in [-0.15, -0.1) is 0 Å². The number of carbonyl (C=O) groups is 1. The van der Waals surface area contributed by atoms with Crippen molar-refractivity contribution in [1.82, 2.24) is 10.0 Å². The number of cyclic esters (lactones) is 1. The van der Waals surface area contributed by atoms with E-state index in [2.05, 4.69) is 0 Å². The van der Waals surface area contributed by atoms with Crippen LogP contribution in [0, 0.1) is 0 Å². The Bertz CT molecular complexity index is 226. The van der Waals surface area contributed by atoms with Crippen LogP contribution in [0.25, 0.3) is 0 Å². The minimum atomic E-state index is -0.311. The lowest BCUT2D eigenvalue weighted by Crippen LogP contribution is -2.62. The number of ether oxygens (including phenoxy) is 2. The molecule has 0 spiro atoms. The lowest BCUT2D eigenvalue weighted by molar-refractivity contribution is -0.129. The molecule has 80 valence electrons. The zero-order valence-corrected chi connectivity index (χ0v) is 8.18. The molecule has 0 aromatic carbocycles. The first-order valence-electron chi connectivity index (χ1n) is 4.76. The summed E-state index contributed by atoms with van der Waals surface area (Å²) in [5.41, 5.74) is 5.86. The molecule has 2 aliphatic rings. The van der Waals surface area contributed by atoms with E-state index in [0.717, 1.165) is 0 Å². The number of hydrazine groups is 1. The van der Waals surface area contributed by atoms with Crippen LogP contribution in [-0.2, 0) is 9.47 Å². The molecule has 6 nitrogen and oxygen atoms in total. The first kappa shape index (κ1) is 9.70. The Morgan fingerprint density at radius 1 is 1.50 bits per heavy atom. The highest BCUT2D eigenvalue weighted by Crippen LogP contribution is 2.17. The fourth-order valence-corrected chi connectivity index (χ4v) is 1.85. The molecule has 0 aliphatic carbocycles. The van der Waals surface area contributed by atoms with Crippen LogP contribution in [0.5, 0.6) is 0 Å². The van der Waals surface area contributed by atoms with E-state index in [1.54, 1.807) is 5.01 Å². The first-order valence-corrected chi connectivity index (χ1v) is 4.76. The number of nitrogens with two attached hydrogens (primary N) is 1. The van der Waals surface area contributed by atoms with E-state index in [4.69, 9.17) is 15.2 Å². The van der Waals surface area contributed by atoms with Crippen LogP contribution in [0.2, 0.25) is 0 Å². The van der Waals surface area contributed by atoms with Crippen molar-refractivity contribution < 1.29 is 14.3 Å². The first-order chi connectivity index (χ1) is 6.70. The van der Waals surface area contributed by atoms with Crippen LogP contribution in [0.3, 0.4) is 0 Å². The summed E-state index contributed by atoms with van der Waals surface area (Å²) in [4.78, 5) is 11.3. The molecule has 6 heteroatoms. The lowest BCUT2D eigenvalue weighted by Gasteiger charge is -2.42. The van der Waals surface area contributed by atoms with E-state index in [9.17, 15) is 4.79 Å². The fourth-order valence-electron chi connectivity index (χ4n) is 1.85. The van der Waals surface area contributed by atoms with Gasteiger partial charge in [0.25, 0.3) is 0 Å². The molecule has 2 aliphatic heterocycles. The molecule has 0 aromatic heterocycles. The van der Waals surface area contributed by atoms with Gasteiger partial charge >= 0.3 is 6.09 Å². The molecule has 2 atom stereocenters. The molecule has 2 fully saturated rings. The van der Waals surface area contributed by atoms with Crippen LogP contribution in [0.4, 0.5) is 4.79 Å². The molecule has 0 bridgehead atoms. The zero-order chi connectivity index (χ0) is 10.1. The Morgan fingerprint density at radius 3 is 2.86 bits per heavy atom. The highest BCUT2D eigenvalue weighted by Gasteiger charge is 2.36. The molecule has 2 saturated heterocycles. The largest absolute Gasteiger partial charge is 0.447 e. The smallest absolute Gasteiger partial charge is 0.424 e. The van der Waals surface area contributed by atoms with Gasteiger partial charge in [-0.25, -0.2) is 9.80 Å². The number of rotatable bonds is 1. The molecular weight excluding hydrogens is 186 g/mol. The second-order valence-electron chi connectivity index (χ2n) is 3.57. The van der Waals surface area contributed by atoms with Gasteiger partial charge in [0.15, 0.2) is 0 Å². The van der Waals surface area contributed by atoms with Crippen molar-refractivity contribution in [3.63, 3.8) is 0 Å². The highest BCUT2D eigenvalue weighted by atomic mass is 16.6. The van der Waals surface area contributed by atoms with Crippen LogP contribution < -0.4 is 5.73 Å². The summed E-state index contributed by atoms with van der Waals surface area (Å²) in [6.07, 6.45) is -0.571. The van der Waals surface area contributed by atoms with E-state index in [1.807, 2.05) is 11.9 Å². The summed E-state index contributed by atoms with van der Waals surface area (Å²) in [5, 5.41) is 3.41. The van der Waals surface area contributed by atoms with Gasteiger partial charge in [-0.3, -0.25) is 0 Å². The molecule has 0 saturated carbocycles. The van der Waals surface area contributed by atoms with Crippen LogP contribution in [0.1, 0.15) is 6.92 Å². The van der Waals surface area contributed by atoms with Crippen molar-refractivity contribution in [2.24, 2.45) is 5.73 Å². The van der Waals surface area contributed by atoms with E-state index in [0.29, 0.717) is 26.4 Å². The van der Waals surface area contributed by atoms with Crippen molar-refractivity contribution in [3.05, 3.63) is 0 Å². The molecule has 1 amide bonds. The third kappa shape index (κ3) is 1.56. The zero-order valence-electron chi connectivity index (χ0n) is 8.18. The van der Waals surface area contributed by atoms with Gasteiger partial charge in [-0.1, -0.05) is 0 Å². The van der Waals surface area contributed by atoms with E-state index < -0.39 is 0 Å². The monoisotopic (exact) mass is 201 g/mol. The second kappa shape index (κ2) is 3.72. The average molecular weight is 201 g/mol. The third-order valence-electron chi connectivity index (χ3n) is 2.46. The molecular formula is C8H15N3O3. The Hall–Kier alpha value is -0.850. The topological polar surface area (TPSA) is 68.0 Å². The van der Waals surface area contributed by atoms with Gasteiger partial charge < -0.3 is 15.2 Å². The van der Waals surface area contributed by atoms with Gasteiger partial charge in [-0.05, 0) is 6.92 Å². The minimum absolute atomic E-state index is 0.115. The number of nitrogens with zero attached hydrogens (tertiary/aromatic N) is 2. The van der Waals surface area contributed by atoms with E-state index in [-0.39, 0.29) is 18.3 Å². The Labute approximate surface area is 82.5 Å². The summed E-state index contributed by atoms with van der Waals surface area (Å²) in [7, 11) is 0. The second-order valence-corrected chi connectivity index (χ2v) is 3.57. The Morgan fingerprint density at radius 2 is 2.29 bits per heavy atom. The summed E-state index contributed by atoms with van der Waals surface area (Å²) < 4.78 is 10.1. The number of hydrogen-bond acceptors (Lipinski definition) is 5. The Kier molecular flexibility index (Phi) is 2.58. The van der Waals surface area contributed by atoms with Crippen molar-refractivity contribution in [1.29, 1.82) is 0 Å². The summed E-state index contributed by atoms with van der Waals surface area (Å²) in [6, 6.07) is 0.115.